The summed E-state index contributed by atoms with van der Waals surface area (Å²) in [5.74, 6) is -2.50. The van der Waals surface area contributed by atoms with Gasteiger partial charge in [-0.2, -0.15) is 8.42 Å². The summed E-state index contributed by atoms with van der Waals surface area (Å²) in [6.07, 6.45) is 0.851. The van der Waals surface area contributed by atoms with E-state index in [1.54, 1.807) is 18.2 Å². The Kier molecular flexibility index (Phi) is 15.8. The van der Waals surface area contributed by atoms with E-state index in [0.29, 0.717) is 57.8 Å². The second-order valence-electron chi connectivity index (χ2n) is 22.5. The van der Waals surface area contributed by atoms with E-state index in [4.69, 9.17) is 46.8 Å². The molecule has 0 saturated carbocycles. The smallest absolute Gasteiger partial charge is 0.394 e. The van der Waals surface area contributed by atoms with Gasteiger partial charge in [0.05, 0.1) is 103 Å². The summed E-state index contributed by atoms with van der Waals surface area (Å²) in [4.78, 5) is 12.9. The molecule has 8 fully saturated rings. The maximum atomic E-state index is 12.9. The van der Waals surface area contributed by atoms with Crippen molar-refractivity contribution < 1.29 is 90.1 Å². The number of hydrogen-bond donors (Lipinski definition) is 6. The van der Waals surface area contributed by atoms with Crippen molar-refractivity contribution in [3.05, 3.63) is 49.1 Å². The van der Waals surface area contributed by atoms with E-state index >= 15 is 0 Å². The van der Waals surface area contributed by atoms with Gasteiger partial charge in [-0.25, -0.2) is 4.18 Å². The molecule has 9 aliphatic heterocycles. The molecule has 400 valence electrons. The molecule has 6 N–H and O–H groups in total. The lowest BCUT2D eigenvalue weighted by molar-refractivity contribution is -0.372. The Morgan fingerprint density at radius 1 is 0.817 bits per heavy atom. The zero-order chi connectivity index (χ0) is 50.8. The van der Waals surface area contributed by atoms with E-state index in [0.717, 1.165) is 18.4 Å². The maximum Gasteiger partial charge on any atom is 0.397 e. The highest BCUT2D eigenvalue weighted by Gasteiger charge is 2.62. The third-order valence-electron chi connectivity index (χ3n) is 16.8. The van der Waals surface area contributed by atoms with Gasteiger partial charge in [-0.05, 0) is 71.6 Å². The van der Waals surface area contributed by atoms with Crippen LogP contribution in [-0.4, -0.2) is 183 Å². The third-order valence-corrected chi connectivity index (χ3v) is 17.3. The van der Waals surface area contributed by atoms with Crippen LogP contribution in [0.5, 0.6) is 0 Å². The molecule has 9 aliphatic rings. The summed E-state index contributed by atoms with van der Waals surface area (Å²) in [7, 11) is -5.16. The Labute approximate surface area is 416 Å². The summed E-state index contributed by atoms with van der Waals surface area (Å²) in [6, 6.07) is 0. The number of rotatable bonds is 12. The molecule has 9 rings (SSSR count). The molecule has 71 heavy (non-hydrogen) atoms. The molecule has 0 radical (unpaired) electrons. The molecule has 20 heteroatoms. The lowest BCUT2D eigenvalue weighted by Gasteiger charge is -2.54. The van der Waals surface area contributed by atoms with Crippen molar-refractivity contribution >= 4 is 16.2 Å². The number of fused-ring (bicyclic) bond motifs is 8. The SMILES string of the molecule is C=CC=CCCC(=O)CC(O)C1(C)CC(=C)CC2(C)OC3CC4OC5CCC6OC7C=CC8OC9C(CC8OC7CC6(C)OC5CCC(C)C4OC3CC2O1)OC(O)(CC(O)CO)C(O)C9OS(=O)(=O)O. The van der Waals surface area contributed by atoms with Crippen LogP contribution in [0, 0.1) is 5.92 Å². The average Bonchev–Trinajstić information content (AvgIpc) is 3.58. The van der Waals surface area contributed by atoms with Gasteiger partial charge in [0, 0.05) is 44.9 Å². The number of carbonyl (C=O) groups excluding carboxylic acids is 1. The number of Topliss-reactive ketones (excluding diaryl/α,β-unsaturated/α-hetero) is 1. The van der Waals surface area contributed by atoms with E-state index in [1.807, 2.05) is 19.1 Å². The molecule has 0 aromatic rings. The fourth-order valence-electron chi connectivity index (χ4n) is 13.2. The van der Waals surface area contributed by atoms with Gasteiger partial charge in [0.2, 0.25) is 0 Å². The standard InChI is InChI=1S/C51H76O19S/c1-7-8-9-10-11-29(53)18-41(55)48(4)22-27(2)23-49(5)43(69-48)21-36-37(67-49)20-38-44(65-36)28(3)12-13-34-31(61-38)16-17-42-50(6,66-34)25-40-33(63-42)15-14-32-35(62-40)19-39-45(64-32)46(70-71(58,59)60)47(56)51(57,68-39)24-30(54)26-52/h7-9,14-15,28,30-47,52,54-57H,1-2,10-13,16-26H2,3-6H3,(H,58,59,60). The molecule has 23 unspecified atom stereocenters. The molecular weight excluding hydrogens is 949 g/mol. The first-order valence-corrected chi connectivity index (χ1v) is 27.0. The second kappa shape index (κ2) is 20.8. The van der Waals surface area contributed by atoms with E-state index in [2.05, 4.69) is 33.9 Å². The van der Waals surface area contributed by atoms with Crippen LogP contribution in [0.25, 0.3) is 0 Å². The molecule has 0 bridgehead atoms. The first-order valence-electron chi connectivity index (χ1n) is 25.7. The number of ether oxygens (including phenoxy) is 9. The summed E-state index contributed by atoms with van der Waals surface area (Å²) < 4.78 is 99.5. The molecule has 23 atom stereocenters. The fourth-order valence-corrected chi connectivity index (χ4v) is 13.7. The normalized spacial score (nSPS) is 48.6. The predicted molar refractivity (Wildman–Crippen MR) is 251 cm³/mol. The van der Waals surface area contributed by atoms with Crippen molar-refractivity contribution in [3.8, 4) is 0 Å². The first-order chi connectivity index (χ1) is 33.5. The maximum absolute atomic E-state index is 12.9. The summed E-state index contributed by atoms with van der Waals surface area (Å²) in [6.45, 7) is 15.4. The number of aliphatic hydroxyl groups is 5. The molecule has 0 spiro atoms. The van der Waals surface area contributed by atoms with Gasteiger partial charge in [-0.15, -0.1) is 0 Å². The van der Waals surface area contributed by atoms with Crippen molar-refractivity contribution in [1.82, 2.24) is 0 Å². The lowest BCUT2D eigenvalue weighted by atomic mass is 9.79. The molecule has 19 nitrogen and oxygen atoms in total. The molecular formula is C51H76O19S. The molecule has 0 aromatic heterocycles. The number of aliphatic hydroxyl groups excluding tert-OH is 4. The van der Waals surface area contributed by atoms with Crippen LogP contribution < -0.4 is 0 Å². The monoisotopic (exact) mass is 1020 g/mol. The zero-order valence-corrected chi connectivity index (χ0v) is 42.1. The minimum atomic E-state index is -5.16. The van der Waals surface area contributed by atoms with Gasteiger partial charge in [-0.3, -0.25) is 9.35 Å². The third kappa shape index (κ3) is 11.3. The highest BCUT2D eigenvalue weighted by molar-refractivity contribution is 7.80. The molecule has 0 aliphatic carbocycles. The van der Waals surface area contributed by atoms with Crippen molar-refractivity contribution in [1.29, 1.82) is 0 Å². The highest BCUT2D eigenvalue weighted by atomic mass is 32.3. The van der Waals surface area contributed by atoms with Gasteiger partial charge in [0.25, 0.3) is 0 Å². The number of hydrogen-bond acceptors (Lipinski definition) is 18. The lowest BCUT2D eigenvalue weighted by Crippen LogP contribution is -2.69. The Morgan fingerprint density at radius 2 is 1.52 bits per heavy atom. The van der Waals surface area contributed by atoms with Crippen LogP contribution >= 0.6 is 0 Å². The van der Waals surface area contributed by atoms with Gasteiger partial charge in [0.15, 0.2) is 5.79 Å². The van der Waals surface area contributed by atoms with Crippen LogP contribution in [0.3, 0.4) is 0 Å². The van der Waals surface area contributed by atoms with Gasteiger partial charge in [-0.1, -0.05) is 56.0 Å². The fraction of sp³-hybridized carbons (Fsp3) is 0.824. The van der Waals surface area contributed by atoms with Gasteiger partial charge >= 0.3 is 10.4 Å². The quantitative estimate of drug-likeness (QED) is 0.0932. The topological polar surface area (TPSA) is 265 Å². The summed E-state index contributed by atoms with van der Waals surface area (Å²) in [5.41, 5.74) is -1.68. The molecule has 9 heterocycles. The van der Waals surface area contributed by atoms with E-state index in [9.17, 15) is 43.3 Å². The number of ketones is 1. The largest absolute Gasteiger partial charge is 0.397 e. The molecule has 8 saturated heterocycles. The van der Waals surface area contributed by atoms with Gasteiger partial charge in [0.1, 0.15) is 36.3 Å². The van der Waals surface area contributed by atoms with Crippen molar-refractivity contribution in [3.63, 3.8) is 0 Å². The minimum absolute atomic E-state index is 0.0163. The Morgan fingerprint density at radius 3 is 2.25 bits per heavy atom. The van der Waals surface area contributed by atoms with Crippen molar-refractivity contribution in [2.24, 2.45) is 5.92 Å². The summed E-state index contributed by atoms with van der Waals surface area (Å²) >= 11 is 0. The van der Waals surface area contributed by atoms with Gasteiger partial charge < -0.3 is 68.2 Å². The van der Waals surface area contributed by atoms with Crippen molar-refractivity contribution in [2.75, 3.05) is 6.61 Å². The second-order valence-corrected chi connectivity index (χ2v) is 23.6. The van der Waals surface area contributed by atoms with E-state index in [-0.39, 0.29) is 67.3 Å². The summed E-state index contributed by atoms with van der Waals surface area (Å²) in [5, 5.41) is 53.7. The van der Waals surface area contributed by atoms with Crippen molar-refractivity contribution in [2.45, 2.75) is 250 Å². The molecule has 0 amide bonds. The van der Waals surface area contributed by atoms with E-state index in [1.165, 1.54) is 0 Å². The van der Waals surface area contributed by atoms with Crippen LogP contribution in [0.2, 0.25) is 0 Å². The van der Waals surface area contributed by atoms with Crippen LogP contribution in [0.4, 0.5) is 0 Å². The number of allylic oxidation sites excluding steroid dienone is 3. The predicted octanol–water partition coefficient (Wildman–Crippen LogP) is 3.17. The minimum Gasteiger partial charge on any atom is -0.394 e. The Hall–Kier alpha value is -2.06. The Balaban J connectivity index is 0.860. The van der Waals surface area contributed by atoms with E-state index < -0.39 is 113 Å². The van der Waals surface area contributed by atoms with Crippen LogP contribution in [-0.2, 0) is 62.0 Å². The molecule has 0 aromatic carbocycles. The number of carbonyl (C=O) groups is 1. The zero-order valence-electron chi connectivity index (χ0n) is 41.3. The Bertz CT molecular complexity index is 2120. The average molecular weight is 1030 g/mol. The first kappa shape index (κ1) is 53.8. The van der Waals surface area contributed by atoms with Crippen LogP contribution in [0.1, 0.15) is 118 Å². The highest BCUT2D eigenvalue weighted by Crippen LogP contribution is 2.51. The van der Waals surface area contributed by atoms with Crippen LogP contribution in [0.15, 0.2) is 49.1 Å².